The molecule has 6 aliphatic heterocycles. The molecule has 0 radical (unpaired) electrons. The Hall–Kier alpha value is -1.90. The SMILES string of the molecule is C=CC[N+]12CCC(CC1)[C@@H](OC(=O)C(c1cccs1)c1cccs1)C2.CC(C)=CCC[N+]12CCC(CC1)[C@@H](OC(=O)C(c1cccs1)c1cccs1)C2.[Br-].[Br-]. The third-order valence-corrected chi connectivity index (χ3v) is 15.8. The number of thiophene rings is 4. The van der Waals surface area contributed by atoms with Crippen LogP contribution in [0.25, 0.3) is 0 Å². The summed E-state index contributed by atoms with van der Waals surface area (Å²) in [7, 11) is 0. The van der Waals surface area contributed by atoms with Crippen molar-refractivity contribution in [3.8, 4) is 0 Å². The summed E-state index contributed by atoms with van der Waals surface area (Å²) in [5.41, 5.74) is 1.39. The van der Waals surface area contributed by atoms with Crippen LogP contribution in [0.4, 0.5) is 0 Å². The third-order valence-electron chi connectivity index (χ3n) is 12.1. The lowest BCUT2D eigenvalue weighted by molar-refractivity contribution is -0.945. The molecular weight excluding hydrogens is 897 g/mol. The van der Waals surface area contributed by atoms with Gasteiger partial charge in [-0.2, -0.15) is 0 Å². The second-order valence-electron chi connectivity index (χ2n) is 15.8. The summed E-state index contributed by atoms with van der Waals surface area (Å²) in [6.45, 7) is 17.3. The van der Waals surface area contributed by atoms with Crippen LogP contribution < -0.4 is 34.0 Å². The Balaban J connectivity index is 0.000000205. The summed E-state index contributed by atoms with van der Waals surface area (Å²) in [5.74, 6) is 0.380. The van der Waals surface area contributed by atoms with Gasteiger partial charge in [0.2, 0.25) is 0 Å². The molecule has 6 saturated heterocycles. The molecule has 2 atom stereocenters. The Bertz CT molecular complexity index is 1720. The molecule has 6 aliphatic rings. The van der Waals surface area contributed by atoms with E-state index in [0.717, 1.165) is 67.4 Å². The monoisotopic (exact) mass is 948 g/mol. The van der Waals surface area contributed by atoms with E-state index in [0.29, 0.717) is 11.8 Å². The Morgan fingerprint density at radius 3 is 1.42 bits per heavy atom. The number of ether oxygens (including phenoxy) is 2. The molecule has 0 spiro atoms. The van der Waals surface area contributed by atoms with Crippen molar-refractivity contribution in [3.63, 3.8) is 0 Å². The molecule has 6 fully saturated rings. The zero-order chi connectivity index (χ0) is 36.8. The van der Waals surface area contributed by atoms with E-state index in [1.807, 2.05) is 64.0 Å². The van der Waals surface area contributed by atoms with Gasteiger partial charge in [0, 0.05) is 63.4 Å². The van der Waals surface area contributed by atoms with Crippen molar-refractivity contribution >= 4 is 57.3 Å². The number of nitrogens with zero attached hydrogens (tertiary/aromatic N) is 2. The summed E-state index contributed by atoms with van der Waals surface area (Å²) >= 11 is 6.55. The van der Waals surface area contributed by atoms with Crippen molar-refractivity contribution < 1.29 is 62.0 Å². The quantitative estimate of drug-likeness (QED) is 0.117. The van der Waals surface area contributed by atoms with Crippen molar-refractivity contribution in [3.05, 3.63) is 114 Å². The number of piperidine rings is 6. The highest BCUT2D eigenvalue weighted by atomic mass is 79.9. The van der Waals surface area contributed by atoms with Gasteiger partial charge in [0.05, 0.1) is 39.3 Å². The first-order valence-corrected chi connectivity index (χ1v) is 22.8. The van der Waals surface area contributed by atoms with E-state index in [9.17, 15) is 9.59 Å². The van der Waals surface area contributed by atoms with E-state index in [-0.39, 0.29) is 69.9 Å². The highest BCUT2D eigenvalue weighted by Crippen LogP contribution is 2.40. The van der Waals surface area contributed by atoms with Gasteiger partial charge in [-0.3, -0.25) is 9.59 Å². The average Bonchev–Trinajstić information content (AvgIpc) is 4.00. The van der Waals surface area contributed by atoms with Crippen LogP contribution in [-0.2, 0) is 19.1 Å². The molecule has 298 valence electrons. The molecule has 6 nitrogen and oxygen atoms in total. The Morgan fingerprint density at radius 2 is 1.07 bits per heavy atom. The number of esters is 2. The van der Waals surface area contributed by atoms with Crippen LogP contribution in [0, 0.1) is 11.8 Å². The molecule has 10 rings (SSSR count). The van der Waals surface area contributed by atoms with E-state index < -0.39 is 0 Å². The summed E-state index contributed by atoms with van der Waals surface area (Å²) in [5, 5.41) is 8.14. The van der Waals surface area contributed by atoms with Gasteiger partial charge in [-0.05, 0) is 65.7 Å². The van der Waals surface area contributed by atoms with Crippen LogP contribution in [0.5, 0.6) is 0 Å². The topological polar surface area (TPSA) is 52.6 Å². The van der Waals surface area contributed by atoms with Crippen LogP contribution in [-0.4, -0.2) is 85.5 Å². The second-order valence-corrected chi connectivity index (χ2v) is 19.7. The fourth-order valence-electron chi connectivity index (χ4n) is 9.18. The first-order valence-electron chi connectivity index (χ1n) is 19.3. The third kappa shape index (κ3) is 10.6. The molecule has 0 saturated carbocycles. The normalized spacial score (nSPS) is 26.3. The number of rotatable bonds is 13. The molecule has 0 amide bonds. The van der Waals surface area contributed by atoms with Gasteiger partial charge in [0.15, 0.2) is 12.2 Å². The largest absolute Gasteiger partial charge is 1.00 e. The van der Waals surface area contributed by atoms with Gasteiger partial charge in [-0.1, -0.05) is 42.5 Å². The minimum absolute atomic E-state index is 0. The zero-order valence-electron chi connectivity index (χ0n) is 31.9. The molecule has 12 heteroatoms. The lowest BCUT2D eigenvalue weighted by Crippen LogP contribution is -3.00. The number of hydrogen-bond donors (Lipinski definition) is 0. The minimum Gasteiger partial charge on any atom is -1.00 e. The number of carbonyl (C=O) groups excluding carboxylic acids is 2. The van der Waals surface area contributed by atoms with Gasteiger partial charge in [-0.25, -0.2) is 0 Å². The van der Waals surface area contributed by atoms with E-state index >= 15 is 0 Å². The Labute approximate surface area is 364 Å². The first-order chi connectivity index (χ1) is 25.8. The molecule has 10 heterocycles. The van der Waals surface area contributed by atoms with Crippen LogP contribution in [0.2, 0.25) is 0 Å². The predicted molar refractivity (Wildman–Crippen MR) is 220 cm³/mol. The number of carbonyl (C=O) groups is 2. The Morgan fingerprint density at radius 1 is 0.691 bits per heavy atom. The molecule has 4 aromatic rings. The maximum absolute atomic E-state index is 13.3. The lowest BCUT2D eigenvalue weighted by atomic mass is 9.83. The molecule has 0 unspecified atom stereocenters. The highest BCUT2D eigenvalue weighted by molar-refractivity contribution is 7.12. The molecular formula is C43H54Br2N2O4S4. The standard InChI is InChI=1S/C23H30NO2S2.C20H24NO2S2.2BrH/c1-17(2)6-3-11-24-12-9-18(10-13-24)19(16-24)26-23(25)22(20-7-4-14-27-20)21-8-5-15-28-21;1-2-9-21-10-7-15(8-11-21)16(14-21)23-20(22)19(17-5-3-12-24-17)18-6-4-13-25-18;;/h4-8,14-15,18-19,22H,3,9-13,16H2,1-2H3;2-6,12-13,15-16,19H,1,7-11,14H2;2*1H/q2*+1;;/p-2/t18?,19-,24?;15?,16-,21?;;/m00../s1. The maximum Gasteiger partial charge on any atom is 0.320 e. The van der Waals surface area contributed by atoms with Crippen molar-refractivity contribution in [2.45, 2.75) is 70.0 Å². The highest BCUT2D eigenvalue weighted by Gasteiger charge is 2.49. The molecule has 55 heavy (non-hydrogen) atoms. The van der Waals surface area contributed by atoms with Crippen molar-refractivity contribution in [1.82, 2.24) is 0 Å². The van der Waals surface area contributed by atoms with Gasteiger partial charge < -0.3 is 52.4 Å². The fourth-order valence-corrected chi connectivity index (χ4v) is 12.7. The number of allylic oxidation sites excluding steroid dienone is 1. The summed E-state index contributed by atoms with van der Waals surface area (Å²) in [4.78, 5) is 30.7. The fraction of sp³-hybridized carbons (Fsp3) is 0.488. The molecule has 4 bridgehead atoms. The van der Waals surface area contributed by atoms with Crippen LogP contribution >= 0.6 is 45.3 Å². The smallest absolute Gasteiger partial charge is 0.320 e. The van der Waals surface area contributed by atoms with Crippen molar-refractivity contribution in [2.24, 2.45) is 11.8 Å². The second kappa shape index (κ2) is 20.2. The van der Waals surface area contributed by atoms with Crippen LogP contribution in [0.1, 0.15) is 77.3 Å². The lowest BCUT2D eigenvalue weighted by Gasteiger charge is -2.52. The number of hydrogen-bond acceptors (Lipinski definition) is 8. The van der Waals surface area contributed by atoms with Crippen molar-refractivity contribution in [2.75, 3.05) is 52.4 Å². The summed E-state index contributed by atoms with van der Waals surface area (Å²) in [6.07, 6.45) is 10.3. The van der Waals surface area contributed by atoms with E-state index in [1.54, 1.807) is 45.3 Å². The predicted octanol–water partition coefficient (Wildman–Crippen LogP) is 3.74. The first kappa shape index (κ1) is 44.2. The molecule has 0 N–H and O–H groups in total. The molecule has 0 aromatic carbocycles. The molecule has 4 aromatic heterocycles. The number of halogens is 2. The van der Waals surface area contributed by atoms with Crippen LogP contribution in [0.15, 0.2) is 94.4 Å². The maximum atomic E-state index is 13.3. The van der Waals surface area contributed by atoms with E-state index in [1.165, 1.54) is 51.1 Å². The zero-order valence-corrected chi connectivity index (χ0v) is 38.3. The van der Waals surface area contributed by atoms with Gasteiger partial charge in [-0.15, -0.1) is 45.3 Å². The molecule has 0 aliphatic carbocycles. The number of fused-ring (bicyclic) bond motifs is 6. The van der Waals surface area contributed by atoms with E-state index in [4.69, 9.17) is 9.47 Å². The Kier molecular flexibility index (Phi) is 16.2. The van der Waals surface area contributed by atoms with Gasteiger partial charge >= 0.3 is 11.9 Å². The summed E-state index contributed by atoms with van der Waals surface area (Å²) < 4.78 is 14.5. The van der Waals surface area contributed by atoms with Gasteiger partial charge in [0.1, 0.15) is 24.9 Å². The van der Waals surface area contributed by atoms with Crippen LogP contribution in [0.3, 0.4) is 0 Å². The number of quaternary nitrogens is 2. The van der Waals surface area contributed by atoms with Crippen molar-refractivity contribution in [1.29, 1.82) is 0 Å². The van der Waals surface area contributed by atoms with Gasteiger partial charge in [0.25, 0.3) is 0 Å². The van der Waals surface area contributed by atoms with E-state index in [2.05, 4.69) is 38.6 Å². The average molecular weight is 951 g/mol. The summed E-state index contributed by atoms with van der Waals surface area (Å²) in [6, 6.07) is 16.2. The minimum atomic E-state index is -0.275.